The van der Waals surface area contributed by atoms with Gasteiger partial charge in [-0.1, -0.05) is 12.8 Å². The zero-order chi connectivity index (χ0) is 16.3. The second-order valence-electron chi connectivity index (χ2n) is 7.56. The first-order valence-electron chi connectivity index (χ1n) is 8.28. The number of primary amides is 1. The van der Waals surface area contributed by atoms with Gasteiger partial charge in [-0.2, -0.15) is 0 Å². The Balaban J connectivity index is 1.91. The molecule has 4 N–H and O–H groups in total. The van der Waals surface area contributed by atoms with E-state index in [-0.39, 0.29) is 0 Å². The third-order valence-corrected chi connectivity index (χ3v) is 4.64. The van der Waals surface area contributed by atoms with Gasteiger partial charge in [-0.15, -0.1) is 0 Å². The Labute approximate surface area is 132 Å². The minimum atomic E-state index is -0.665. The predicted octanol–water partition coefficient (Wildman–Crippen LogP) is 1.53. The van der Waals surface area contributed by atoms with Gasteiger partial charge in [-0.05, 0) is 58.4 Å². The summed E-state index contributed by atoms with van der Waals surface area (Å²) in [5, 5.41) is 6.18. The van der Waals surface area contributed by atoms with Crippen LogP contribution in [0.2, 0.25) is 0 Å². The van der Waals surface area contributed by atoms with Crippen LogP contribution in [0.4, 0.5) is 4.79 Å². The standard InChI is InChI=1S/C16H29N3O3/c1-16(2,3)22-15(21)19-13(14(17)20)8-10-9-18-12-7-5-4-6-11(10)12/h10-13,18H,4-9H2,1-3H3,(H2,17,20)(H,19,21). The maximum absolute atomic E-state index is 11.9. The van der Waals surface area contributed by atoms with Crippen molar-refractivity contribution in [3.05, 3.63) is 0 Å². The number of hydrogen-bond acceptors (Lipinski definition) is 4. The molecule has 0 aromatic carbocycles. The van der Waals surface area contributed by atoms with Gasteiger partial charge in [0.05, 0.1) is 0 Å². The lowest BCUT2D eigenvalue weighted by Gasteiger charge is -2.30. The smallest absolute Gasteiger partial charge is 0.408 e. The van der Waals surface area contributed by atoms with Crippen molar-refractivity contribution in [1.29, 1.82) is 0 Å². The third-order valence-electron chi connectivity index (χ3n) is 4.64. The van der Waals surface area contributed by atoms with Crippen molar-refractivity contribution in [2.24, 2.45) is 17.6 Å². The average molecular weight is 311 g/mol. The summed E-state index contributed by atoms with van der Waals surface area (Å²) in [5.41, 5.74) is 4.88. The summed E-state index contributed by atoms with van der Waals surface area (Å²) in [6, 6.07) is -0.101. The highest BCUT2D eigenvalue weighted by Crippen LogP contribution is 2.36. The van der Waals surface area contributed by atoms with Crippen LogP contribution in [-0.2, 0) is 9.53 Å². The zero-order valence-corrected chi connectivity index (χ0v) is 13.9. The number of nitrogens with two attached hydrogens (primary N) is 1. The molecule has 4 atom stereocenters. The van der Waals surface area contributed by atoms with Crippen molar-refractivity contribution >= 4 is 12.0 Å². The second kappa shape index (κ2) is 6.86. The highest BCUT2D eigenvalue weighted by Gasteiger charge is 2.39. The molecule has 2 aliphatic rings. The fourth-order valence-corrected chi connectivity index (χ4v) is 3.69. The van der Waals surface area contributed by atoms with Crippen molar-refractivity contribution in [2.45, 2.75) is 70.6 Å². The van der Waals surface area contributed by atoms with Crippen LogP contribution in [0.5, 0.6) is 0 Å². The van der Waals surface area contributed by atoms with Crippen molar-refractivity contribution in [3.63, 3.8) is 0 Å². The molecule has 1 saturated carbocycles. The Bertz CT molecular complexity index is 419. The molecular weight excluding hydrogens is 282 g/mol. The van der Waals surface area contributed by atoms with Gasteiger partial charge in [0.25, 0.3) is 0 Å². The SMILES string of the molecule is CC(C)(C)OC(=O)NC(CC1CNC2CCCCC12)C(N)=O. The molecule has 2 rings (SSSR count). The van der Waals surface area contributed by atoms with Crippen molar-refractivity contribution in [2.75, 3.05) is 6.54 Å². The molecule has 6 heteroatoms. The molecule has 1 aliphatic carbocycles. The van der Waals surface area contributed by atoms with Gasteiger partial charge < -0.3 is 21.1 Å². The molecule has 0 bridgehead atoms. The van der Waals surface area contributed by atoms with Gasteiger partial charge in [-0.3, -0.25) is 4.79 Å². The van der Waals surface area contributed by atoms with Gasteiger partial charge >= 0.3 is 6.09 Å². The zero-order valence-electron chi connectivity index (χ0n) is 13.9. The molecule has 1 heterocycles. The van der Waals surface area contributed by atoms with Crippen LogP contribution in [0.3, 0.4) is 0 Å². The van der Waals surface area contributed by atoms with Gasteiger partial charge in [-0.25, -0.2) is 4.79 Å². The number of carbonyl (C=O) groups is 2. The summed E-state index contributed by atoms with van der Waals surface area (Å²) in [6.07, 6.45) is 4.93. The topological polar surface area (TPSA) is 93.4 Å². The number of amides is 2. The van der Waals surface area contributed by atoms with E-state index in [4.69, 9.17) is 10.5 Å². The molecule has 126 valence electrons. The number of rotatable bonds is 4. The maximum Gasteiger partial charge on any atom is 0.408 e. The van der Waals surface area contributed by atoms with E-state index in [9.17, 15) is 9.59 Å². The van der Waals surface area contributed by atoms with Crippen LogP contribution in [0.15, 0.2) is 0 Å². The molecule has 4 unspecified atom stereocenters. The lowest BCUT2D eigenvalue weighted by Crippen LogP contribution is -2.47. The number of fused-ring (bicyclic) bond motifs is 1. The molecule has 0 radical (unpaired) electrons. The Kier molecular flexibility index (Phi) is 5.32. The Morgan fingerprint density at radius 2 is 2.00 bits per heavy atom. The summed E-state index contributed by atoms with van der Waals surface area (Å²) in [4.78, 5) is 23.6. The molecule has 1 aliphatic heterocycles. The van der Waals surface area contributed by atoms with E-state index in [1.807, 2.05) is 0 Å². The highest BCUT2D eigenvalue weighted by molar-refractivity contribution is 5.84. The average Bonchev–Trinajstić information content (AvgIpc) is 2.79. The first-order valence-corrected chi connectivity index (χ1v) is 8.28. The van der Waals surface area contributed by atoms with Gasteiger partial charge in [0.15, 0.2) is 0 Å². The molecule has 6 nitrogen and oxygen atoms in total. The third kappa shape index (κ3) is 4.60. The molecule has 1 saturated heterocycles. The quantitative estimate of drug-likeness (QED) is 0.734. The van der Waals surface area contributed by atoms with E-state index < -0.39 is 23.6 Å². The molecule has 2 amide bonds. The first kappa shape index (κ1) is 17.1. The lowest BCUT2D eigenvalue weighted by molar-refractivity contribution is -0.120. The maximum atomic E-state index is 11.9. The van der Waals surface area contributed by atoms with E-state index >= 15 is 0 Å². The fourth-order valence-electron chi connectivity index (χ4n) is 3.69. The number of nitrogens with one attached hydrogen (secondary N) is 2. The summed E-state index contributed by atoms with van der Waals surface area (Å²) >= 11 is 0. The van der Waals surface area contributed by atoms with Crippen LogP contribution in [0, 0.1) is 11.8 Å². The summed E-state index contributed by atoms with van der Waals surface area (Å²) < 4.78 is 5.22. The van der Waals surface area contributed by atoms with E-state index in [1.165, 1.54) is 25.7 Å². The molecule has 0 aromatic heterocycles. The van der Waals surface area contributed by atoms with Gasteiger partial charge in [0.1, 0.15) is 11.6 Å². The van der Waals surface area contributed by atoms with Crippen molar-refractivity contribution < 1.29 is 14.3 Å². The molecule has 0 aromatic rings. The Morgan fingerprint density at radius 3 is 2.64 bits per heavy atom. The number of ether oxygens (including phenoxy) is 1. The van der Waals surface area contributed by atoms with Crippen molar-refractivity contribution in [3.8, 4) is 0 Å². The molecular formula is C16H29N3O3. The fraction of sp³-hybridized carbons (Fsp3) is 0.875. The molecule has 22 heavy (non-hydrogen) atoms. The van der Waals surface area contributed by atoms with E-state index in [2.05, 4.69) is 10.6 Å². The van der Waals surface area contributed by atoms with Crippen LogP contribution in [0.25, 0.3) is 0 Å². The largest absolute Gasteiger partial charge is 0.444 e. The van der Waals surface area contributed by atoms with Gasteiger partial charge in [0.2, 0.25) is 5.91 Å². The van der Waals surface area contributed by atoms with Crippen molar-refractivity contribution in [1.82, 2.24) is 10.6 Å². The predicted molar refractivity (Wildman–Crippen MR) is 84.2 cm³/mol. The van der Waals surface area contributed by atoms with E-state index in [0.29, 0.717) is 24.3 Å². The van der Waals surface area contributed by atoms with Crippen LogP contribution in [-0.4, -0.2) is 36.2 Å². The molecule has 2 fully saturated rings. The first-order chi connectivity index (χ1) is 10.3. The Morgan fingerprint density at radius 1 is 1.32 bits per heavy atom. The number of carbonyl (C=O) groups excluding carboxylic acids is 2. The normalized spacial score (nSPS) is 29.5. The van der Waals surface area contributed by atoms with Crippen LogP contribution < -0.4 is 16.4 Å². The minimum Gasteiger partial charge on any atom is -0.444 e. The lowest BCUT2D eigenvalue weighted by atomic mass is 9.77. The van der Waals surface area contributed by atoms with Gasteiger partial charge in [0, 0.05) is 6.04 Å². The Hall–Kier alpha value is -1.30. The molecule has 0 spiro atoms. The number of alkyl carbamates (subject to hydrolysis) is 1. The highest BCUT2D eigenvalue weighted by atomic mass is 16.6. The monoisotopic (exact) mass is 311 g/mol. The minimum absolute atomic E-state index is 0.387. The van der Waals surface area contributed by atoms with Crippen LogP contribution in [0.1, 0.15) is 52.9 Å². The second-order valence-corrected chi connectivity index (χ2v) is 7.56. The summed E-state index contributed by atoms with van der Waals surface area (Å²) in [5.74, 6) is 0.485. The van der Waals surface area contributed by atoms with Crippen LogP contribution >= 0.6 is 0 Å². The number of hydrogen-bond donors (Lipinski definition) is 3. The van der Waals surface area contributed by atoms with E-state index in [0.717, 1.165) is 6.54 Å². The summed E-state index contributed by atoms with van der Waals surface area (Å²) in [7, 11) is 0. The van der Waals surface area contributed by atoms with E-state index in [1.54, 1.807) is 20.8 Å². The summed E-state index contributed by atoms with van der Waals surface area (Å²) in [6.45, 7) is 6.27.